The number of carbonyl (C=O) groups excluding carboxylic acids is 2. The number of aryl methyl sites for hydroxylation is 1. The lowest BCUT2D eigenvalue weighted by molar-refractivity contribution is -0.145. The van der Waals surface area contributed by atoms with Gasteiger partial charge >= 0.3 is 11.9 Å². The number of hydrogen-bond donors (Lipinski definition) is 0. The van der Waals surface area contributed by atoms with Gasteiger partial charge in [0.25, 0.3) is 0 Å². The molecule has 1 aliphatic carbocycles. The summed E-state index contributed by atoms with van der Waals surface area (Å²) in [4.78, 5) is 24.9. The van der Waals surface area contributed by atoms with Crippen molar-refractivity contribution in [2.45, 2.75) is 47.2 Å². The molecule has 1 saturated carbocycles. The van der Waals surface area contributed by atoms with Gasteiger partial charge in [0.05, 0.1) is 24.4 Å². The molecule has 0 spiro atoms. The van der Waals surface area contributed by atoms with Gasteiger partial charge in [0, 0.05) is 16.4 Å². The molecule has 1 aromatic heterocycles. The summed E-state index contributed by atoms with van der Waals surface area (Å²) in [6.07, 6.45) is 2.14. The van der Waals surface area contributed by atoms with E-state index in [4.69, 9.17) is 9.47 Å². The van der Waals surface area contributed by atoms with Crippen molar-refractivity contribution in [1.29, 1.82) is 0 Å². The summed E-state index contributed by atoms with van der Waals surface area (Å²) < 4.78 is 10.6. The van der Waals surface area contributed by atoms with Crippen LogP contribution in [0.3, 0.4) is 0 Å². The van der Waals surface area contributed by atoms with Crippen LogP contribution in [0.15, 0.2) is 11.6 Å². The minimum atomic E-state index is -0.541. The molecule has 4 nitrogen and oxygen atoms in total. The highest BCUT2D eigenvalue weighted by atomic mass is 32.7. The van der Waals surface area contributed by atoms with E-state index in [1.54, 1.807) is 0 Å². The maximum Gasteiger partial charge on any atom is 0.342 e. The second-order valence-corrected chi connectivity index (χ2v) is 12.9. The lowest BCUT2D eigenvalue weighted by atomic mass is 9.95. The van der Waals surface area contributed by atoms with E-state index in [0.717, 1.165) is 13.8 Å². The Bertz CT molecular complexity index is 866. The molecular formula is C21H28O4P2S. The van der Waals surface area contributed by atoms with Gasteiger partial charge in [-0.05, 0) is 70.5 Å². The average Bonchev–Trinajstić information content (AvgIpc) is 3.21. The van der Waals surface area contributed by atoms with Gasteiger partial charge in [0.1, 0.15) is 0 Å². The zero-order valence-corrected chi connectivity index (χ0v) is 20.2. The SMILES string of the molecule is CCOC(=O)c1cc(C)c(C)c(C2=C(C)[C@]3(C)[C@H]([C@@H]3C(=O)OCC)P2SC)p1. The van der Waals surface area contributed by atoms with Gasteiger partial charge < -0.3 is 9.47 Å². The van der Waals surface area contributed by atoms with Crippen molar-refractivity contribution < 1.29 is 19.1 Å². The number of fused-ring (bicyclic) bond motifs is 1. The Kier molecular flexibility index (Phi) is 6.30. The first-order valence-electron chi connectivity index (χ1n) is 9.60. The minimum absolute atomic E-state index is 0.0268. The highest BCUT2D eigenvalue weighted by Gasteiger charge is 2.73. The topological polar surface area (TPSA) is 52.6 Å². The molecule has 0 saturated heterocycles. The Labute approximate surface area is 174 Å². The summed E-state index contributed by atoms with van der Waals surface area (Å²) in [5.41, 5.74) is 3.87. The first-order chi connectivity index (χ1) is 13.2. The summed E-state index contributed by atoms with van der Waals surface area (Å²) in [7, 11) is 0.376. The molecule has 1 fully saturated rings. The first kappa shape index (κ1) is 21.8. The van der Waals surface area contributed by atoms with Crippen LogP contribution in [-0.2, 0) is 14.3 Å². The Morgan fingerprint density at radius 2 is 1.86 bits per heavy atom. The third-order valence-corrected chi connectivity index (χ3v) is 12.7. The zero-order valence-electron chi connectivity index (χ0n) is 17.6. The highest BCUT2D eigenvalue weighted by molar-refractivity contribution is 8.58. The van der Waals surface area contributed by atoms with Crippen molar-refractivity contribution >= 4 is 44.0 Å². The van der Waals surface area contributed by atoms with Crippen LogP contribution in [0.2, 0.25) is 0 Å². The van der Waals surface area contributed by atoms with E-state index in [1.165, 1.54) is 21.7 Å². The molecule has 0 radical (unpaired) electrons. The Morgan fingerprint density at radius 1 is 1.21 bits per heavy atom. The van der Waals surface area contributed by atoms with E-state index in [-0.39, 0.29) is 23.3 Å². The van der Waals surface area contributed by atoms with Gasteiger partial charge in [-0.25, -0.2) is 4.79 Å². The lowest BCUT2D eigenvalue weighted by Crippen LogP contribution is -2.14. The van der Waals surface area contributed by atoms with Gasteiger partial charge in [-0.1, -0.05) is 20.7 Å². The molecule has 0 amide bonds. The maximum atomic E-state index is 12.5. The Morgan fingerprint density at radius 3 is 2.43 bits per heavy atom. The molecule has 2 aliphatic rings. The predicted molar refractivity (Wildman–Crippen MR) is 119 cm³/mol. The molecule has 0 N–H and O–H groups in total. The molecule has 1 aliphatic heterocycles. The number of allylic oxidation sites excluding steroid dienone is 1. The fourth-order valence-corrected chi connectivity index (χ4v) is 12.2. The van der Waals surface area contributed by atoms with Crippen LogP contribution >= 0.6 is 26.7 Å². The van der Waals surface area contributed by atoms with E-state index in [2.05, 4.69) is 34.0 Å². The predicted octanol–water partition coefficient (Wildman–Crippen LogP) is 6.13. The molecule has 1 aromatic rings. The molecule has 1 unspecified atom stereocenters. The monoisotopic (exact) mass is 438 g/mol. The lowest BCUT2D eigenvalue weighted by Gasteiger charge is -2.22. The molecule has 2 heterocycles. The van der Waals surface area contributed by atoms with E-state index < -0.39 is 7.12 Å². The summed E-state index contributed by atoms with van der Waals surface area (Å²) in [6, 6.07) is 1.95. The smallest absolute Gasteiger partial charge is 0.342 e. The molecule has 4 atom stereocenters. The molecule has 0 aromatic carbocycles. The largest absolute Gasteiger partial charge is 0.466 e. The minimum Gasteiger partial charge on any atom is -0.466 e. The summed E-state index contributed by atoms with van der Waals surface area (Å²) in [5, 5.41) is 3.31. The fraction of sp³-hybridized carbons (Fsp3) is 0.571. The van der Waals surface area contributed by atoms with Crippen molar-refractivity contribution in [2.75, 3.05) is 19.5 Å². The van der Waals surface area contributed by atoms with Crippen LogP contribution in [0.1, 0.15) is 54.2 Å². The second-order valence-electron chi connectivity index (χ2n) is 7.46. The summed E-state index contributed by atoms with van der Waals surface area (Å²) >= 11 is 1.86. The average molecular weight is 438 g/mol. The Hall–Kier alpha value is -0.890. The van der Waals surface area contributed by atoms with Crippen LogP contribution in [0.5, 0.6) is 0 Å². The van der Waals surface area contributed by atoms with Crippen molar-refractivity contribution in [3.8, 4) is 0 Å². The standard InChI is InChI=1S/C21H28O4P2S/c1-8-24-19(22)14-10-11(3)12(4)16(26-14)17-13(5)21(6)15(20(23)25-9-2)18(21)27(17)28-7/h10,15,18H,8-9H2,1-7H3/t15-,18+,21+,27?/m1/s1. The number of esters is 2. The third kappa shape index (κ3) is 3.24. The van der Waals surface area contributed by atoms with Gasteiger partial charge in [-0.3, -0.25) is 4.79 Å². The van der Waals surface area contributed by atoms with E-state index in [1.807, 2.05) is 31.3 Å². The van der Waals surface area contributed by atoms with E-state index >= 15 is 0 Å². The molecule has 7 heteroatoms. The number of rotatable bonds is 6. The van der Waals surface area contributed by atoms with Crippen LogP contribution in [0.4, 0.5) is 0 Å². The van der Waals surface area contributed by atoms with E-state index in [9.17, 15) is 9.59 Å². The molecule has 28 heavy (non-hydrogen) atoms. The van der Waals surface area contributed by atoms with Crippen molar-refractivity contribution in [2.24, 2.45) is 11.3 Å². The normalized spacial score (nSPS) is 28.5. The third-order valence-electron chi connectivity index (χ3n) is 6.08. The molecule has 3 rings (SSSR count). The number of ether oxygens (including phenoxy) is 2. The van der Waals surface area contributed by atoms with Gasteiger partial charge in [0.15, 0.2) is 0 Å². The maximum absolute atomic E-state index is 12.5. The second kappa shape index (κ2) is 8.09. The van der Waals surface area contributed by atoms with E-state index in [0.29, 0.717) is 24.2 Å². The number of hydrogen-bond acceptors (Lipinski definition) is 5. The first-order valence-corrected chi connectivity index (χ1v) is 13.7. The highest BCUT2D eigenvalue weighted by Crippen LogP contribution is 2.87. The van der Waals surface area contributed by atoms with Gasteiger partial charge in [-0.2, -0.15) is 0 Å². The van der Waals surface area contributed by atoms with Crippen molar-refractivity contribution in [3.05, 3.63) is 33.4 Å². The molecule has 152 valence electrons. The van der Waals surface area contributed by atoms with Gasteiger partial charge in [0.2, 0.25) is 0 Å². The fourth-order valence-electron chi connectivity index (χ4n) is 4.25. The van der Waals surface area contributed by atoms with Crippen molar-refractivity contribution in [1.82, 2.24) is 0 Å². The van der Waals surface area contributed by atoms with Crippen LogP contribution in [-0.4, -0.2) is 37.1 Å². The molecule has 0 bridgehead atoms. The quantitative estimate of drug-likeness (QED) is 0.395. The van der Waals surface area contributed by atoms with Crippen molar-refractivity contribution in [3.63, 3.8) is 0 Å². The summed E-state index contributed by atoms with van der Waals surface area (Å²) in [6.45, 7) is 13.1. The van der Waals surface area contributed by atoms with Crippen LogP contribution in [0, 0.1) is 25.2 Å². The van der Waals surface area contributed by atoms with Crippen LogP contribution in [0.25, 0.3) is 5.31 Å². The zero-order chi connectivity index (χ0) is 20.8. The number of carbonyl (C=O) groups is 2. The Balaban J connectivity index is 2.09. The van der Waals surface area contributed by atoms with Gasteiger partial charge in [-0.15, -0.1) is 11.4 Å². The van der Waals surface area contributed by atoms with Crippen LogP contribution < -0.4 is 0 Å². The molecular weight excluding hydrogens is 410 g/mol. The summed E-state index contributed by atoms with van der Waals surface area (Å²) in [5.74, 6) is -0.322.